The van der Waals surface area contributed by atoms with Crippen LogP contribution in [0.5, 0.6) is 0 Å². The van der Waals surface area contributed by atoms with E-state index in [1.54, 1.807) is 0 Å². The highest BCUT2D eigenvalue weighted by Crippen LogP contribution is 2.00. The lowest BCUT2D eigenvalue weighted by molar-refractivity contribution is -0.138. The van der Waals surface area contributed by atoms with E-state index >= 15 is 0 Å². The highest BCUT2D eigenvalue weighted by atomic mass is 16.4. The van der Waals surface area contributed by atoms with Crippen molar-refractivity contribution in [2.75, 3.05) is 0 Å². The van der Waals surface area contributed by atoms with Crippen LogP contribution in [-0.2, 0) is 4.79 Å². The van der Waals surface area contributed by atoms with Crippen LogP contribution in [0.2, 0.25) is 0 Å². The number of aliphatic hydroxyl groups excluding tert-OH is 1. The number of rotatable bonds is 4. The molecule has 0 heterocycles. The molecule has 0 aromatic rings. The van der Waals surface area contributed by atoms with E-state index in [-0.39, 0.29) is 18.6 Å². The molecule has 0 saturated carbocycles. The maximum absolute atomic E-state index is 10.1. The Labute approximate surface area is 59.0 Å². The van der Waals surface area contributed by atoms with Crippen molar-refractivity contribution in [3.05, 3.63) is 12.3 Å². The lowest BCUT2D eigenvalue weighted by atomic mass is 10.1. The second-order valence-electron chi connectivity index (χ2n) is 2.05. The summed E-state index contributed by atoms with van der Waals surface area (Å²) in [6.07, 6.45) is 0.470. The SMILES string of the molecule is C=C(O)CC[C@H](N)C(=O)O. The fourth-order valence-corrected chi connectivity index (χ4v) is 0.446. The first-order valence-electron chi connectivity index (χ1n) is 2.89. The second kappa shape index (κ2) is 3.90. The first kappa shape index (κ1) is 8.97. The van der Waals surface area contributed by atoms with E-state index in [9.17, 15) is 4.79 Å². The van der Waals surface area contributed by atoms with Gasteiger partial charge in [0, 0.05) is 6.42 Å². The monoisotopic (exact) mass is 145 g/mol. The molecule has 0 amide bonds. The molecule has 4 N–H and O–H groups in total. The molecule has 1 atom stereocenters. The predicted molar refractivity (Wildman–Crippen MR) is 36.6 cm³/mol. The van der Waals surface area contributed by atoms with Crippen LogP contribution < -0.4 is 5.73 Å². The molecule has 0 fully saturated rings. The fourth-order valence-electron chi connectivity index (χ4n) is 0.446. The first-order valence-corrected chi connectivity index (χ1v) is 2.89. The molecule has 0 saturated heterocycles. The van der Waals surface area contributed by atoms with Gasteiger partial charge in [-0.3, -0.25) is 4.79 Å². The summed E-state index contributed by atoms with van der Waals surface area (Å²) in [5.74, 6) is -1.09. The molecule has 58 valence electrons. The van der Waals surface area contributed by atoms with Gasteiger partial charge < -0.3 is 15.9 Å². The lowest BCUT2D eigenvalue weighted by Crippen LogP contribution is -2.29. The standard InChI is InChI=1S/C6H11NO3/c1-4(8)2-3-5(7)6(9)10/h5,8H,1-3,7H2,(H,9,10)/t5-/m0/s1. The van der Waals surface area contributed by atoms with Gasteiger partial charge in [-0.15, -0.1) is 0 Å². The molecule has 4 nitrogen and oxygen atoms in total. The summed E-state index contributed by atoms with van der Waals surface area (Å²) >= 11 is 0. The number of carboxylic acid groups (broad SMARTS) is 1. The van der Waals surface area contributed by atoms with Crippen LogP contribution in [0, 0.1) is 0 Å². The van der Waals surface area contributed by atoms with E-state index in [2.05, 4.69) is 6.58 Å². The van der Waals surface area contributed by atoms with Crippen molar-refractivity contribution >= 4 is 5.97 Å². The van der Waals surface area contributed by atoms with Gasteiger partial charge in [0.2, 0.25) is 0 Å². The van der Waals surface area contributed by atoms with Crippen LogP contribution in [-0.4, -0.2) is 22.2 Å². The number of aliphatic carboxylic acids is 1. The predicted octanol–water partition coefficient (Wildman–Crippen LogP) is 0.250. The lowest BCUT2D eigenvalue weighted by Gasteiger charge is -2.03. The van der Waals surface area contributed by atoms with Crippen LogP contribution in [0.3, 0.4) is 0 Å². The highest BCUT2D eigenvalue weighted by molar-refractivity contribution is 5.72. The summed E-state index contributed by atoms with van der Waals surface area (Å²) in [6.45, 7) is 3.19. The maximum Gasteiger partial charge on any atom is 0.320 e. The van der Waals surface area contributed by atoms with Gasteiger partial charge in [-0.05, 0) is 6.42 Å². The number of nitrogens with two attached hydrogens (primary N) is 1. The minimum absolute atomic E-state index is 0.0308. The first-order chi connectivity index (χ1) is 4.54. The van der Waals surface area contributed by atoms with Crippen LogP contribution in [0.15, 0.2) is 12.3 Å². The average molecular weight is 145 g/mol. The molecule has 0 radical (unpaired) electrons. The Morgan fingerprint density at radius 1 is 1.60 bits per heavy atom. The number of aliphatic hydroxyl groups is 1. The number of allylic oxidation sites excluding steroid dienone is 1. The van der Waals surface area contributed by atoms with E-state index in [4.69, 9.17) is 15.9 Å². The number of hydrogen-bond donors (Lipinski definition) is 3. The summed E-state index contributed by atoms with van der Waals surface area (Å²) < 4.78 is 0. The minimum Gasteiger partial charge on any atom is -0.513 e. The van der Waals surface area contributed by atoms with Gasteiger partial charge in [-0.2, -0.15) is 0 Å². The molecule has 0 unspecified atom stereocenters. The van der Waals surface area contributed by atoms with Crippen LogP contribution in [0.25, 0.3) is 0 Å². The Morgan fingerprint density at radius 2 is 2.10 bits per heavy atom. The van der Waals surface area contributed by atoms with Crippen LogP contribution in [0.1, 0.15) is 12.8 Å². The summed E-state index contributed by atoms with van der Waals surface area (Å²) in [6, 6.07) is -0.899. The van der Waals surface area contributed by atoms with Gasteiger partial charge >= 0.3 is 5.97 Å². The molecule has 4 heteroatoms. The Kier molecular flexibility index (Phi) is 3.49. The van der Waals surface area contributed by atoms with Crippen molar-refractivity contribution in [1.29, 1.82) is 0 Å². The minimum atomic E-state index is -1.05. The Morgan fingerprint density at radius 3 is 2.40 bits per heavy atom. The fraction of sp³-hybridized carbons (Fsp3) is 0.500. The molecule has 0 aromatic heterocycles. The normalized spacial score (nSPS) is 12.5. The molecule has 0 spiro atoms. The molecular weight excluding hydrogens is 134 g/mol. The zero-order chi connectivity index (χ0) is 8.15. The summed E-state index contributed by atoms with van der Waals surface area (Å²) in [5.41, 5.74) is 5.11. The number of carboxylic acids is 1. The third-order valence-electron chi connectivity index (χ3n) is 1.06. The molecular formula is C6H11NO3. The van der Waals surface area contributed by atoms with Crippen LogP contribution >= 0.6 is 0 Å². The maximum atomic E-state index is 10.1. The zero-order valence-corrected chi connectivity index (χ0v) is 5.58. The average Bonchev–Trinajstić information content (AvgIpc) is 1.82. The molecule has 0 aromatic carbocycles. The Hall–Kier alpha value is -1.03. The van der Waals surface area contributed by atoms with Crippen molar-refractivity contribution in [2.24, 2.45) is 5.73 Å². The second-order valence-corrected chi connectivity index (χ2v) is 2.05. The van der Waals surface area contributed by atoms with Gasteiger partial charge in [0.15, 0.2) is 0 Å². The highest BCUT2D eigenvalue weighted by Gasteiger charge is 2.10. The van der Waals surface area contributed by atoms with Crippen molar-refractivity contribution < 1.29 is 15.0 Å². The van der Waals surface area contributed by atoms with Gasteiger partial charge in [-0.25, -0.2) is 0 Å². The summed E-state index contributed by atoms with van der Waals surface area (Å²) in [5, 5.41) is 16.8. The molecule has 0 bridgehead atoms. The molecule has 0 aliphatic heterocycles. The quantitative estimate of drug-likeness (QED) is 0.495. The third kappa shape index (κ3) is 3.91. The van der Waals surface area contributed by atoms with Gasteiger partial charge in [0.05, 0.1) is 5.76 Å². The van der Waals surface area contributed by atoms with Crippen molar-refractivity contribution in [1.82, 2.24) is 0 Å². The topological polar surface area (TPSA) is 83.5 Å². The summed E-state index contributed by atoms with van der Waals surface area (Å²) in [7, 11) is 0. The van der Waals surface area contributed by atoms with E-state index < -0.39 is 12.0 Å². The van der Waals surface area contributed by atoms with Gasteiger partial charge in [0.1, 0.15) is 6.04 Å². The molecule has 0 aliphatic carbocycles. The van der Waals surface area contributed by atoms with Crippen LogP contribution in [0.4, 0.5) is 0 Å². The van der Waals surface area contributed by atoms with E-state index in [1.165, 1.54) is 0 Å². The summed E-state index contributed by atoms with van der Waals surface area (Å²) in [4.78, 5) is 10.1. The largest absolute Gasteiger partial charge is 0.513 e. The van der Waals surface area contributed by atoms with E-state index in [0.29, 0.717) is 0 Å². The Bertz CT molecular complexity index is 144. The third-order valence-corrected chi connectivity index (χ3v) is 1.06. The van der Waals surface area contributed by atoms with Gasteiger partial charge in [-0.1, -0.05) is 6.58 Å². The van der Waals surface area contributed by atoms with Gasteiger partial charge in [0.25, 0.3) is 0 Å². The molecule has 0 aliphatic rings. The van der Waals surface area contributed by atoms with Crippen molar-refractivity contribution in [3.8, 4) is 0 Å². The molecule has 0 rings (SSSR count). The van der Waals surface area contributed by atoms with Crippen molar-refractivity contribution in [3.63, 3.8) is 0 Å². The van der Waals surface area contributed by atoms with Crippen molar-refractivity contribution in [2.45, 2.75) is 18.9 Å². The number of carbonyl (C=O) groups is 1. The Balaban J connectivity index is 3.49. The van der Waals surface area contributed by atoms with E-state index in [0.717, 1.165) is 0 Å². The number of hydrogen-bond acceptors (Lipinski definition) is 3. The smallest absolute Gasteiger partial charge is 0.320 e. The molecule has 10 heavy (non-hydrogen) atoms. The van der Waals surface area contributed by atoms with E-state index in [1.807, 2.05) is 0 Å². The zero-order valence-electron chi connectivity index (χ0n) is 5.58.